The lowest BCUT2D eigenvalue weighted by atomic mass is 9.71. The van der Waals surface area contributed by atoms with Gasteiger partial charge in [-0.05, 0) is 32.1 Å². The molecule has 0 saturated heterocycles. The largest absolute Gasteiger partial charge is 0.481 e. The Kier molecular flexibility index (Phi) is 5.83. The highest BCUT2D eigenvalue weighted by molar-refractivity contribution is 5.85. The zero-order valence-electron chi connectivity index (χ0n) is 12.4. The van der Waals surface area contributed by atoms with Gasteiger partial charge in [-0.2, -0.15) is 0 Å². The molecule has 0 aromatic heterocycles. The molecule has 1 unspecified atom stereocenters. The Morgan fingerprint density at radius 1 is 1.16 bits per heavy atom. The molecule has 4 nitrogen and oxygen atoms in total. The summed E-state index contributed by atoms with van der Waals surface area (Å²) in [4.78, 5) is 23.5. The normalized spacial score (nSPS) is 20.0. The number of carboxylic acid groups (broad SMARTS) is 1. The van der Waals surface area contributed by atoms with Crippen LogP contribution in [0.15, 0.2) is 0 Å². The van der Waals surface area contributed by atoms with Crippen molar-refractivity contribution in [1.82, 2.24) is 5.32 Å². The molecule has 1 atom stereocenters. The van der Waals surface area contributed by atoms with E-state index < -0.39 is 11.4 Å². The maximum Gasteiger partial charge on any atom is 0.310 e. The molecular weight excluding hydrogens is 242 g/mol. The number of hydrogen-bond donors (Lipinski definition) is 2. The van der Waals surface area contributed by atoms with E-state index in [0.29, 0.717) is 18.8 Å². The molecule has 1 saturated carbocycles. The molecule has 0 aromatic carbocycles. The van der Waals surface area contributed by atoms with E-state index in [-0.39, 0.29) is 18.4 Å². The van der Waals surface area contributed by atoms with E-state index in [2.05, 4.69) is 19.2 Å². The van der Waals surface area contributed by atoms with Gasteiger partial charge in [0, 0.05) is 12.5 Å². The first kappa shape index (κ1) is 16.0. The molecule has 4 heteroatoms. The van der Waals surface area contributed by atoms with Crippen LogP contribution < -0.4 is 5.32 Å². The third kappa shape index (κ3) is 4.84. The van der Waals surface area contributed by atoms with E-state index in [1.54, 1.807) is 0 Å². The molecule has 1 rings (SSSR count). The van der Waals surface area contributed by atoms with Crippen LogP contribution in [-0.2, 0) is 9.59 Å². The molecule has 0 radical (unpaired) electrons. The molecule has 19 heavy (non-hydrogen) atoms. The van der Waals surface area contributed by atoms with Crippen LogP contribution in [0.4, 0.5) is 0 Å². The highest BCUT2D eigenvalue weighted by Gasteiger charge is 2.41. The number of nitrogens with one attached hydrogen (secondary N) is 1. The number of aliphatic carboxylic acids is 1. The first-order chi connectivity index (χ1) is 8.85. The van der Waals surface area contributed by atoms with Gasteiger partial charge in [0.05, 0.1) is 5.41 Å². The Hall–Kier alpha value is -1.06. The number of carbonyl (C=O) groups excluding carboxylic acids is 1. The third-order valence-electron chi connectivity index (χ3n) is 4.00. The second-order valence-electron chi connectivity index (χ2n) is 6.42. The van der Waals surface area contributed by atoms with Crippen molar-refractivity contribution < 1.29 is 14.7 Å². The first-order valence-electron chi connectivity index (χ1n) is 7.38. The molecule has 0 spiro atoms. The predicted octanol–water partition coefficient (Wildman–Crippen LogP) is 2.96. The van der Waals surface area contributed by atoms with Gasteiger partial charge in [0.1, 0.15) is 0 Å². The molecule has 1 fully saturated rings. The van der Waals surface area contributed by atoms with Crippen molar-refractivity contribution in [3.63, 3.8) is 0 Å². The van der Waals surface area contributed by atoms with Gasteiger partial charge in [-0.1, -0.05) is 33.1 Å². The molecular formula is C15H27NO3. The summed E-state index contributed by atoms with van der Waals surface area (Å²) in [6.07, 6.45) is 5.24. The predicted molar refractivity (Wildman–Crippen MR) is 74.8 cm³/mol. The van der Waals surface area contributed by atoms with Gasteiger partial charge in [0.2, 0.25) is 5.91 Å². The van der Waals surface area contributed by atoms with Crippen molar-refractivity contribution in [2.45, 2.75) is 71.8 Å². The Balaban J connectivity index is 2.55. The van der Waals surface area contributed by atoms with E-state index in [4.69, 9.17) is 0 Å². The average Bonchev–Trinajstić information content (AvgIpc) is 2.28. The summed E-state index contributed by atoms with van der Waals surface area (Å²) < 4.78 is 0. The Labute approximate surface area is 116 Å². The van der Waals surface area contributed by atoms with Crippen molar-refractivity contribution in [2.24, 2.45) is 11.3 Å². The van der Waals surface area contributed by atoms with Crippen LogP contribution in [0.5, 0.6) is 0 Å². The van der Waals surface area contributed by atoms with Crippen LogP contribution in [0.25, 0.3) is 0 Å². The van der Waals surface area contributed by atoms with Crippen LogP contribution >= 0.6 is 0 Å². The van der Waals surface area contributed by atoms with E-state index in [1.165, 1.54) is 0 Å². The molecule has 1 aliphatic carbocycles. The maximum absolute atomic E-state index is 12.0. The van der Waals surface area contributed by atoms with Crippen LogP contribution in [-0.4, -0.2) is 23.0 Å². The SMILES string of the molecule is CC(C)CC(C)NC(=O)CC1(C(=O)O)CCCCC1. The Morgan fingerprint density at radius 2 is 1.74 bits per heavy atom. The topological polar surface area (TPSA) is 66.4 Å². The lowest BCUT2D eigenvalue weighted by Gasteiger charge is -2.33. The molecule has 1 amide bonds. The van der Waals surface area contributed by atoms with Gasteiger partial charge in [0.15, 0.2) is 0 Å². The van der Waals surface area contributed by atoms with Crippen molar-refractivity contribution in [3.05, 3.63) is 0 Å². The lowest BCUT2D eigenvalue weighted by Crippen LogP contribution is -2.41. The minimum Gasteiger partial charge on any atom is -0.481 e. The van der Waals surface area contributed by atoms with Gasteiger partial charge in [-0.25, -0.2) is 0 Å². The third-order valence-corrected chi connectivity index (χ3v) is 4.00. The van der Waals surface area contributed by atoms with Gasteiger partial charge >= 0.3 is 5.97 Å². The monoisotopic (exact) mass is 269 g/mol. The maximum atomic E-state index is 12.0. The van der Waals surface area contributed by atoms with Crippen LogP contribution in [0, 0.1) is 11.3 Å². The minimum atomic E-state index is -0.820. The zero-order valence-corrected chi connectivity index (χ0v) is 12.4. The van der Waals surface area contributed by atoms with E-state index >= 15 is 0 Å². The number of carboxylic acids is 1. The number of amides is 1. The second kappa shape index (κ2) is 6.92. The molecule has 0 heterocycles. The van der Waals surface area contributed by atoms with Crippen LogP contribution in [0.2, 0.25) is 0 Å². The van der Waals surface area contributed by atoms with Crippen molar-refractivity contribution in [2.75, 3.05) is 0 Å². The summed E-state index contributed by atoms with van der Waals surface area (Å²) in [5, 5.41) is 12.4. The second-order valence-corrected chi connectivity index (χ2v) is 6.42. The van der Waals surface area contributed by atoms with Crippen molar-refractivity contribution >= 4 is 11.9 Å². The van der Waals surface area contributed by atoms with E-state index in [0.717, 1.165) is 25.7 Å². The molecule has 110 valence electrons. The zero-order chi connectivity index (χ0) is 14.5. The lowest BCUT2D eigenvalue weighted by molar-refractivity contribution is -0.154. The Bertz CT molecular complexity index is 319. The van der Waals surface area contributed by atoms with Crippen LogP contribution in [0.1, 0.15) is 65.7 Å². The number of carbonyl (C=O) groups is 2. The van der Waals surface area contributed by atoms with Gasteiger partial charge < -0.3 is 10.4 Å². The summed E-state index contributed by atoms with van der Waals surface area (Å²) in [7, 11) is 0. The van der Waals surface area contributed by atoms with Crippen molar-refractivity contribution in [3.8, 4) is 0 Å². The fourth-order valence-corrected chi connectivity index (χ4v) is 3.09. The summed E-state index contributed by atoms with van der Waals surface area (Å²) in [6, 6.07) is 0.113. The van der Waals surface area contributed by atoms with Gasteiger partial charge in [0.25, 0.3) is 0 Å². The number of hydrogen-bond acceptors (Lipinski definition) is 2. The fourth-order valence-electron chi connectivity index (χ4n) is 3.09. The summed E-state index contributed by atoms with van der Waals surface area (Å²) in [6.45, 7) is 6.21. The summed E-state index contributed by atoms with van der Waals surface area (Å²) >= 11 is 0. The van der Waals surface area contributed by atoms with Gasteiger partial charge in [-0.3, -0.25) is 9.59 Å². The van der Waals surface area contributed by atoms with E-state index in [1.807, 2.05) is 6.92 Å². The molecule has 1 aliphatic rings. The summed E-state index contributed by atoms with van der Waals surface area (Å²) in [5.74, 6) is -0.394. The summed E-state index contributed by atoms with van der Waals surface area (Å²) in [5.41, 5.74) is -0.820. The first-order valence-corrected chi connectivity index (χ1v) is 7.38. The highest BCUT2D eigenvalue weighted by atomic mass is 16.4. The van der Waals surface area contributed by atoms with Crippen LogP contribution in [0.3, 0.4) is 0 Å². The van der Waals surface area contributed by atoms with E-state index in [9.17, 15) is 14.7 Å². The molecule has 0 bridgehead atoms. The fraction of sp³-hybridized carbons (Fsp3) is 0.867. The standard InChI is InChI=1S/C15H27NO3/c1-11(2)9-12(3)16-13(17)10-15(14(18)19)7-5-4-6-8-15/h11-12H,4-10H2,1-3H3,(H,16,17)(H,18,19). The minimum absolute atomic E-state index is 0.113. The highest BCUT2D eigenvalue weighted by Crippen LogP contribution is 2.39. The molecule has 2 N–H and O–H groups in total. The number of rotatable bonds is 6. The van der Waals surface area contributed by atoms with Crippen molar-refractivity contribution in [1.29, 1.82) is 0 Å². The molecule has 0 aromatic rings. The Morgan fingerprint density at radius 3 is 2.21 bits per heavy atom. The quantitative estimate of drug-likeness (QED) is 0.779. The van der Waals surface area contributed by atoms with Gasteiger partial charge in [-0.15, -0.1) is 0 Å². The average molecular weight is 269 g/mol. The smallest absolute Gasteiger partial charge is 0.310 e. The molecule has 0 aliphatic heterocycles.